The summed E-state index contributed by atoms with van der Waals surface area (Å²) in [4.78, 5) is 21.4. The van der Waals surface area contributed by atoms with Crippen molar-refractivity contribution in [1.29, 1.82) is 0 Å². The monoisotopic (exact) mass is 377 g/mol. The minimum Gasteiger partial charge on any atom is -0.368 e. The molecule has 2 fully saturated rings. The van der Waals surface area contributed by atoms with E-state index >= 15 is 0 Å². The Morgan fingerprint density at radius 2 is 1.67 bits per heavy atom. The molecule has 0 spiro atoms. The van der Waals surface area contributed by atoms with E-state index in [2.05, 4.69) is 0 Å². The van der Waals surface area contributed by atoms with Gasteiger partial charge in [-0.25, -0.2) is 9.63 Å². The highest BCUT2D eigenvalue weighted by Gasteiger charge is 2.45. The third-order valence-electron chi connectivity index (χ3n) is 4.74. The average Bonchev–Trinajstić information content (AvgIpc) is 3.49. The van der Waals surface area contributed by atoms with Crippen LogP contribution in [0.5, 0.6) is 0 Å². The van der Waals surface area contributed by atoms with Crippen molar-refractivity contribution in [1.82, 2.24) is 9.96 Å². The molecular weight excluding hydrogens is 359 g/mol. The van der Waals surface area contributed by atoms with Gasteiger partial charge in [0.1, 0.15) is 0 Å². The summed E-state index contributed by atoms with van der Waals surface area (Å²) >= 11 is 0. The summed E-state index contributed by atoms with van der Waals surface area (Å²) in [7, 11) is 0. The first-order valence-corrected chi connectivity index (χ1v) is 8.65. The Labute approximate surface area is 154 Å². The largest absolute Gasteiger partial charge is 0.416 e. The fraction of sp³-hybridized carbons (Fsp3) is 0.316. The molecule has 1 atom stereocenters. The van der Waals surface area contributed by atoms with Crippen LogP contribution in [-0.2, 0) is 11.0 Å². The highest BCUT2D eigenvalue weighted by Crippen LogP contribution is 2.38. The van der Waals surface area contributed by atoms with Crippen molar-refractivity contribution in [3.8, 4) is 0 Å². The van der Waals surface area contributed by atoms with Gasteiger partial charge in [0.2, 0.25) is 6.23 Å². The maximum Gasteiger partial charge on any atom is 0.416 e. The molecule has 0 saturated carbocycles. The van der Waals surface area contributed by atoms with Gasteiger partial charge in [-0.15, -0.1) is 0 Å². The number of hydroxylamine groups is 2. The van der Waals surface area contributed by atoms with E-state index < -0.39 is 11.7 Å². The zero-order valence-electron chi connectivity index (χ0n) is 14.4. The lowest BCUT2D eigenvalue weighted by Gasteiger charge is -2.36. The zero-order chi connectivity index (χ0) is 19.0. The summed E-state index contributed by atoms with van der Waals surface area (Å²) in [6.45, 7) is 1.79. The van der Waals surface area contributed by atoms with Crippen LogP contribution in [0.1, 0.15) is 17.4 Å². The van der Waals surface area contributed by atoms with Crippen molar-refractivity contribution in [2.24, 2.45) is 0 Å². The number of anilines is 1. The SMILES string of the molecule is O=C(N1CCN(c2cccc(C(F)(F)F)c2)CC1)N1OC1c1ccccc1. The molecule has 2 aliphatic rings. The molecule has 4 rings (SSSR count). The zero-order valence-corrected chi connectivity index (χ0v) is 14.4. The molecule has 8 heteroatoms. The van der Waals surface area contributed by atoms with Crippen LogP contribution in [0.3, 0.4) is 0 Å². The van der Waals surface area contributed by atoms with Crippen molar-refractivity contribution < 1.29 is 22.8 Å². The molecule has 142 valence electrons. The second kappa shape index (κ2) is 6.77. The lowest BCUT2D eigenvalue weighted by Crippen LogP contribution is -2.50. The Kier molecular flexibility index (Phi) is 4.43. The number of hydrogen-bond acceptors (Lipinski definition) is 3. The number of carbonyl (C=O) groups excluding carboxylic acids is 1. The molecule has 0 aliphatic carbocycles. The number of rotatable bonds is 2. The van der Waals surface area contributed by atoms with Crippen LogP contribution in [0.25, 0.3) is 0 Å². The third kappa shape index (κ3) is 3.71. The van der Waals surface area contributed by atoms with Crippen molar-refractivity contribution in [3.05, 3.63) is 65.7 Å². The summed E-state index contributed by atoms with van der Waals surface area (Å²) in [6.07, 6.45) is -4.73. The van der Waals surface area contributed by atoms with Crippen molar-refractivity contribution in [2.45, 2.75) is 12.4 Å². The Bertz CT molecular complexity index is 820. The number of alkyl halides is 3. The van der Waals surface area contributed by atoms with Crippen LogP contribution >= 0.6 is 0 Å². The summed E-state index contributed by atoms with van der Waals surface area (Å²) in [6, 6.07) is 14.5. The van der Waals surface area contributed by atoms with E-state index in [4.69, 9.17) is 4.84 Å². The molecule has 27 heavy (non-hydrogen) atoms. The van der Waals surface area contributed by atoms with E-state index in [1.807, 2.05) is 35.2 Å². The molecule has 0 bridgehead atoms. The second-order valence-electron chi connectivity index (χ2n) is 6.50. The minimum absolute atomic E-state index is 0.215. The Morgan fingerprint density at radius 1 is 0.963 bits per heavy atom. The third-order valence-corrected chi connectivity index (χ3v) is 4.74. The number of nitrogens with zero attached hydrogens (tertiary/aromatic N) is 3. The number of piperazine rings is 1. The number of benzene rings is 2. The first kappa shape index (κ1) is 17.7. The molecule has 5 nitrogen and oxygen atoms in total. The molecule has 2 aliphatic heterocycles. The van der Waals surface area contributed by atoms with Gasteiger partial charge in [0.25, 0.3) is 0 Å². The van der Waals surface area contributed by atoms with Gasteiger partial charge >= 0.3 is 12.2 Å². The first-order chi connectivity index (χ1) is 12.9. The molecule has 2 aromatic rings. The molecule has 0 radical (unpaired) electrons. The quantitative estimate of drug-likeness (QED) is 0.746. The van der Waals surface area contributed by atoms with Gasteiger partial charge in [-0.2, -0.15) is 18.2 Å². The average molecular weight is 377 g/mol. The predicted molar refractivity (Wildman–Crippen MR) is 92.7 cm³/mol. The van der Waals surface area contributed by atoms with E-state index in [1.54, 1.807) is 11.0 Å². The molecule has 2 aromatic carbocycles. The molecule has 2 heterocycles. The number of hydrogen-bond donors (Lipinski definition) is 0. The van der Waals surface area contributed by atoms with Crippen LogP contribution < -0.4 is 4.90 Å². The fourth-order valence-corrected chi connectivity index (χ4v) is 3.21. The smallest absolute Gasteiger partial charge is 0.368 e. The topological polar surface area (TPSA) is 39.1 Å². The molecule has 1 unspecified atom stereocenters. The van der Waals surface area contributed by atoms with E-state index in [0.29, 0.717) is 31.9 Å². The minimum atomic E-state index is -4.36. The summed E-state index contributed by atoms with van der Waals surface area (Å²) in [5, 5.41) is 1.33. The molecular formula is C19H18F3N3O2. The number of halogens is 3. The van der Waals surface area contributed by atoms with Gasteiger partial charge in [-0.05, 0) is 18.2 Å². The van der Waals surface area contributed by atoms with Crippen LogP contribution in [0.4, 0.5) is 23.7 Å². The first-order valence-electron chi connectivity index (χ1n) is 8.65. The van der Waals surface area contributed by atoms with Crippen LogP contribution in [0, 0.1) is 0 Å². The van der Waals surface area contributed by atoms with Crippen molar-refractivity contribution in [3.63, 3.8) is 0 Å². The molecule has 2 saturated heterocycles. The Balaban J connectivity index is 1.35. The van der Waals surface area contributed by atoms with E-state index in [1.165, 1.54) is 11.1 Å². The number of carbonyl (C=O) groups is 1. The normalized spacial score (nSPS) is 20.0. The molecule has 2 amide bonds. The van der Waals surface area contributed by atoms with Crippen LogP contribution in [0.15, 0.2) is 54.6 Å². The lowest BCUT2D eigenvalue weighted by molar-refractivity contribution is -0.137. The fourth-order valence-electron chi connectivity index (χ4n) is 3.21. The van der Waals surface area contributed by atoms with E-state index in [0.717, 1.165) is 17.7 Å². The Morgan fingerprint density at radius 3 is 2.33 bits per heavy atom. The maximum absolute atomic E-state index is 12.9. The van der Waals surface area contributed by atoms with E-state index in [-0.39, 0.29) is 12.3 Å². The van der Waals surface area contributed by atoms with E-state index in [9.17, 15) is 18.0 Å². The van der Waals surface area contributed by atoms with Gasteiger partial charge in [0.05, 0.1) is 5.56 Å². The van der Waals surface area contributed by atoms with Gasteiger partial charge in [0, 0.05) is 37.4 Å². The summed E-state index contributed by atoms with van der Waals surface area (Å²) in [5.74, 6) is 0. The van der Waals surface area contributed by atoms with Crippen molar-refractivity contribution >= 4 is 11.7 Å². The second-order valence-corrected chi connectivity index (χ2v) is 6.50. The number of urea groups is 1. The van der Waals surface area contributed by atoms with Gasteiger partial charge in [-0.3, -0.25) is 0 Å². The van der Waals surface area contributed by atoms with Gasteiger partial charge in [0.15, 0.2) is 0 Å². The standard InChI is InChI=1S/C19H18F3N3O2/c20-19(21,22)15-7-4-8-16(13-15)23-9-11-24(12-10-23)18(26)25-17(27-25)14-5-2-1-3-6-14/h1-8,13,17H,9-12H2. The number of amides is 2. The molecule has 0 aromatic heterocycles. The molecule has 0 N–H and O–H groups in total. The summed E-state index contributed by atoms with van der Waals surface area (Å²) in [5.41, 5.74) is 0.761. The summed E-state index contributed by atoms with van der Waals surface area (Å²) < 4.78 is 38.7. The lowest BCUT2D eigenvalue weighted by atomic mass is 10.1. The highest BCUT2D eigenvalue weighted by molar-refractivity contribution is 5.75. The van der Waals surface area contributed by atoms with Crippen molar-refractivity contribution in [2.75, 3.05) is 31.1 Å². The van der Waals surface area contributed by atoms with Gasteiger partial charge in [-0.1, -0.05) is 36.4 Å². The Hall–Kier alpha value is -2.74. The van der Waals surface area contributed by atoms with Crippen LogP contribution in [-0.4, -0.2) is 42.2 Å². The maximum atomic E-state index is 12.9. The van der Waals surface area contributed by atoms with Gasteiger partial charge < -0.3 is 9.80 Å². The highest BCUT2D eigenvalue weighted by atomic mass is 19.4. The predicted octanol–water partition coefficient (Wildman–Crippen LogP) is 3.89. The van der Waals surface area contributed by atoms with Crippen LogP contribution in [0.2, 0.25) is 0 Å².